The van der Waals surface area contributed by atoms with Crippen molar-refractivity contribution in [3.63, 3.8) is 0 Å². The summed E-state index contributed by atoms with van der Waals surface area (Å²) >= 11 is 3.23. The van der Waals surface area contributed by atoms with Crippen LogP contribution in [-0.2, 0) is 0 Å². The Hall–Kier alpha value is -0.830. The van der Waals surface area contributed by atoms with Crippen LogP contribution < -0.4 is 5.73 Å². The summed E-state index contributed by atoms with van der Waals surface area (Å²) in [4.78, 5) is 2.07. The van der Waals surface area contributed by atoms with E-state index < -0.39 is 0 Å². The Morgan fingerprint density at radius 2 is 2.40 bits per heavy atom. The molecule has 0 saturated carbocycles. The zero-order chi connectivity index (χ0) is 10.8. The standard InChI is InChI=1S/C10H12BrN3O/c11-10-2-1-9(15-10)8(4-13)14-5-7(3-12)6-14/h1-2,7-8H,3,5-6,12H2/t8-/m0/s1. The first-order valence-electron chi connectivity index (χ1n) is 4.83. The van der Waals surface area contributed by atoms with Crippen LogP contribution in [0.2, 0.25) is 0 Å². The van der Waals surface area contributed by atoms with Gasteiger partial charge in [0.1, 0.15) is 5.76 Å². The van der Waals surface area contributed by atoms with Gasteiger partial charge in [0, 0.05) is 13.1 Å². The molecule has 1 aliphatic rings. The molecule has 0 unspecified atom stereocenters. The molecule has 0 bridgehead atoms. The third kappa shape index (κ3) is 2.07. The molecule has 4 nitrogen and oxygen atoms in total. The topological polar surface area (TPSA) is 66.2 Å². The highest BCUT2D eigenvalue weighted by atomic mass is 79.9. The Labute approximate surface area is 96.8 Å². The summed E-state index contributed by atoms with van der Waals surface area (Å²) in [5, 5.41) is 9.08. The van der Waals surface area contributed by atoms with E-state index in [0.29, 0.717) is 22.9 Å². The minimum absolute atomic E-state index is 0.279. The quantitative estimate of drug-likeness (QED) is 0.903. The second-order valence-electron chi connectivity index (χ2n) is 3.73. The predicted octanol–water partition coefficient (Wildman–Crippen LogP) is 1.50. The molecule has 15 heavy (non-hydrogen) atoms. The van der Waals surface area contributed by atoms with Crippen molar-refractivity contribution in [1.82, 2.24) is 4.90 Å². The Balaban J connectivity index is 2.04. The van der Waals surface area contributed by atoms with E-state index in [9.17, 15) is 0 Å². The first-order chi connectivity index (χ1) is 7.24. The smallest absolute Gasteiger partial charge is 0.169 e. The molecule has 0 aliphatic carbocycles. The van der Waals surface area contributed by atoms with E-state index in [1.807, 2.05) is 6.07 Å². The number of nitriles is 1. The van der Waals surface area contributed by atoms with Gasteiger partial charge in [-0.3, -0.25) is 4.90 Å². The molecule has 1 aliphatic heterocycles. The molecule has 1 aromatic heterocycles. The molecule has 5 heteroatoms. The van der Waals surface area contributed by atoms with Gasteiger partial charge in [0.15, 0.2) is 10.7 Å². The summed E-state index contributed by atoms with van der Waals surface area (Å²) in [7, 11) is 0. The summed E-state index contributed by atoms with van der Waals surface area (Å²) in [6, 6.07) is 5.60. The molecular weight excluding hydrogens is 258 g/mol. The highest BCUT2D eigenvalue weighted by Gasteiger charge is 2.33. The fourth-order valence-corrected chi connectivity index (χ4v) is 2.09. The van der Waals surface area contributed by atoms with Gasteiger partial charge < -0.3 is 10.2 Å². The van der Waals surface area contributed by atoms with Crippen LogP contribution in [-0.4, -0.2) is 24.5 Å². The third-order valence-electron chi connectivity index (χ3n) is 2.67. The van der Waals surface area contributed by atoms with E-state index in [-0.39, 0.29) is 6.04 Å². The predicted molar refractivity (Wildman–Crippen MR) is 58.9 cm³/mol. The Bertz CT molecular complexity index is 378. The monoisotopic (exact) mass is 269 g/mol. The zero-order valence-corrected chi connectivity index (χ0v) is 9.77. The molecule has 1 aromatic rings. The van der Waals surface area contributed by atoms with Gasteiger partial charge >= 0.3 is 0 Å². The normalized spacial score (nSPS) is 19.5. The zero-order valence-electron chi connectivity index (χ0n) is 8.19. The number of likely N-dealkylation sites (tertiary alicyclic amines) is 1. The van der Waals surface area contributed by atoms with Gasteiger partial charge in [-0.15, -0.1) is 0 Å². The highest BCUT2D eigenvalue weighted by molar-refractivity contribution is 9.10. The summed E-state index contributed by atoms with van der Waals surface area (Å²) in [6.45, 7) is 2.45. The first kappa shape index (κ1) is 10.7. The number of halogens is 1. The second kappa shape index (κ2) is 4.35. The molecule has 80 valence electrons. The summed E-state index contributed by atoms with van der Waals surface area (Å²) in [5.41, 5.74) is 5.54. The van der Waals surface area contributed by atoms with Crippen molar-refractivity contribution >= 4 is 15.9 Å². The average Bonchev–Trinajstić information content (AvgIpc) is 2.57. The van der Waals surface area contributed by atoms with Gasteiger partial charge in [0.05, 0.1) is 6.07 Å². The maximum atomic E-state index is 9.08. The number of furan rings is 1. The maximum Gasteiger partial charge on any atom is 0.169 e. The Morgan fingerprint density at radius 1 is 1.67 bits per heavy atom. The lowest BCUT2D eigenvalue weighted by Gasteiger charge is -2.40. The summed E-state index contributed by atoms with van der Waals surface area (Å²) < 4.78 is 6.04. The lowest BCUT2D eigenvalue weighted by Crippen LogP contribution is -2.50. The number of hydrogen-bond acceptors (Lipinski definition) is 4. The lowest BCUT2D eigenvalue weighted by atomic mass is 9.97. The Kier molecular flexibility index (Phi) is 3.10. The number of hydrogen-bond donors (Lipinski definition) is 1. The van der Waals surface area contributed by atoms with Crippen LogP contribution >= 0.6 is 15.9 Å². The first-order valence-corrected chi connectivity index (χ1v) is 5.63. The molecular formula is C10H12BrN3O. The van der Waals surface area contributed by atoms with Gasteiger partial charge in [-0.25, -0.2) is 0 Å². The van der Waals surface area contributed by atoms with Crippen molar-refractivity contribution < 1.29 is 4.42 Å². The van der Waals surface area contributed by atoms with Gasteiger partial charge in [0.25, 0.3) is 0 Å². The molecule has 2 N–H and O–H groups in total. The van der Waals surface area contributed by atoms with Crippen LogP contribution in [0.4, 0.5) is 0 Å². The van der Waals surface area contributed by atoms with Crippen molar-refractivity contribution in [3.05, 3.63) is 22.6 Å². The SMILES string of the molecule is N#C[C@@H](c1ccc(Br)o1)N1CC(CN)C1. The van der Waals surface area contributed by atoms with Crippen molar-refractivity contribution in [2.45, 2.75) is 6.04 Å². The molecule has 0 spiro atoms. The highest BCUT2D eigenvalue weighted by Crippen LogP contribution is 2.30. The van der Waals surface area contributed by atoms with E-state index in [1.165, 1.54) is 0 Å². The van der Waals surface area contributed by atoms with Crippen LogP contribution in [0.5, 0.6) is 0 Å². The molecule has 1 atom stereocenters. The lowest BCUT2D eigenvalue weighted by molar-refractivity contribution is 0.0704. The second-order valence-corrected chi connectivity index (χ2v) is 4.51. The molecule has 1 saturated heterocycles. The minimum atomic E-state index is -0.279. The fraction of sp³-hybridized carbons (Fsp3) is 0.500. The van der Waals surface area contributed by atoms with Crippen LogP contribution in [0, 0.1) is 17.2 Å². The molecule has 0 radical (unpaired) electrons. The van der Waals surface area contributed by atoms with Crippen molar-refractivity contribution in [2.75, 3.05) is 19.6 Å². The summed E-state index contributed by atoms with van der Waals surface area (Å²) in [6.07, 6.45) is 0. The van der Waals surface area contributed by atoms with Crippen molar-refractivity contribution in [2.24, 2.45) is 11.7 Å². The van der Waals surface area contributed by atoms with Gasteiger partial charge in [0.2, 0.25) is 0 Å². The van der Waals surface area contributed by atoms with Crippen LogP contribution in [0.15, 0.2) is 21.2 Å². The van der Waals surface area contributed by atoms with E-state index in [2.05, 4.69) is 26.9 Å². The third-order valence-corrected chi connectivity index (χ3v) is 3.10. The van der Waals surface area contributed by atoms with Crippen molar-refractivity contribution in [3.8, 4) is 6.07 Å². The fourth-order valence-electron chi connectivity index (χ4n) is 1.77. The van der Waals surface area contributed by atoms with Gasteiger partial charge in [-0.05, 0) is 40.5 Å². The molecule has 1 fully saturated rings. The van der Waals surface area contributed by atoms with Gasteiger partial charge in [-0.2, -0.15) is 5.26 Å². The minimum Gasteiger partial charge on any atom is -0.452 e. The number of nitrogens with two attached hydrogens (primary N) is 1. The largest absolute Gasteiger partial charge is 0.452 e. The van der Waals surface area contributed by atoms with Crippen LogP contribution in [0.3, 0.4) is 0 Å². The van der Waals surface area contributed by atoms with Crippen LogP contribution in [0.1, 0.15) is 11.8 Å². The van der Waals surface area contributed by atoms with Crippen LogP contribution in [0.25, 0.3) is 0 Å². The van der Waals surface area contributed by atoms with Gasteiger partial charge in [-0.1, -0.05) is 0 Å². The molecule has 0 amide bonds. The Morgan fingerprint density at radius 3 is 2.87 bits per heavy atom. The molecule has 0 aromatic carbocycles. The number of rotatable bonds is 3. The van der Waals surface area contributed by atoms with E-state index >= 15 is 0 Å². The maximum absolute atomic E-state index is 9.08. The van der Waals surface area contributed by atoms with E-state index in [0.717, 1.165) is 13.1 Å². The van der Waals surface area contributed by atoms with Crippen molar-refractivity contribution in [1.29, 1.82) is 5.26 Å². The van der Waals surface area contributed by atoms with E-state index in [1.54, 1.807) is 6.07 Å². The average molecular weight is 270 g/mol. The molecule has 2 heterocycles. The summed E-state index contributed by atoms with van der Waals surface area (Å²) in [5.74, 6) is 1.22. The van der Waals surface area contributed by atoms with E-state index in [4.69, 9.17) is 15.4 Å². The number of nitrogens with zero attached hydrogens (tertiary/aromatic N) is 2. The molecule has 2 rings (SSSR count).